The van der Waals surface area contributed by atoms with E-state index in [0.29, 0.717) is 6.54 Å². The van der Waals surface area contributed by atoms with Crippen LogP contribution < -0.4 is 9.80 Å². The Morgan fingerprint density at radius 1 is 0.964 bits per heavy atom. The fraction of sp³-hybridized carbons (Fsp3) is 0.304. The monoisotopic (exact) mass is 372 g/mol. The highest BCUT2D eigenvalue weighted by Gasteiger charge is 2.31. The number of benzene rings is 1. The van der Waals surface area contributed by atoms with Crippen molar-refractivity contribution < 1.29 is 4.79 Å². The number of hydrogen-bond acceptors (Lipinski definition) is 3. The van der Waals surface area contributed by atoms with Crippen molar-refractivity contribution in [1.29, 1.82) is 0 Å². The maximum atomic E-state index is 13.5. The second-order valence-electron chi connectivity index (χ2n) is 7.65. The van der Waals surface area contributed by atoms with Gasteiger partial charge in [0.05, 0.1) is 18.4 Å². The molecular formula is C23H24N4O. The molecule has 4 heterocycles. The Hall–Kier alpha value is -3.08. The van der Waals surface area contributed by atoms with E-state index in [4.69, 9.17) is 0 Å². The topological polar surface area (TPSA) is 41.4 Å². The van der Waals surface area contributed by atoms with Crippen LogP contribution in [-0.4, -0.2) is 28.5 Å². The highest BCUT2D eigenvalue weighted by Crippen LogP contribution is 2.31. The number of nitrogens with zero attached hydrogens (tertiary/aromatic N) is 4. The molecule has 1 amide bonds. The number of amides is 1. The zero-order valence-electron chi connectivity index (χ0n) is 15.9. The minimum absolute atomic E-state index is 0.0717. The molecule has 0 N–H and O–H groups in total. The zero-order chi connectivity index (χ0) is 18.9. The molecule has 5 nitrogen and oxygen atoms in total. The van der Waals surface area contributed by atoms with Gasteiger partial charge in [0.25, 0.3) is 0 Å². The molecule has 2 aromatic heterocycles. The molecule has 0 spiro atoms. The normalized spacial score (nSPS) is 17.0. The Morgan fingerprint density at radius 2 is 1.82 bits per heavy atom. The molecule has 1 fully saturated rings. The number of aromatic nitrogens is 2. The van der Waals surface area contributed by atoms with Crippen molar-refractivity contribution in [2.45, 2.75) is 25.9 Å². The molecule has 28 heavy (non-hydrogen) atoms. The second-order valence-corrected chi connectivity index (χ2v) is 7.65. The fourth-order valence-corrected chi connectivity index (χ4v) is 4.43. The third-order valence-electron chi connectivity index (χ3n) is 5.99. The van der Waals surface area contributed by atoms with E-state index in [2.05, 4.69) is 57.0 Å². The molecule has 1 saturated heterocycles. The van der Waals surface area contributed by atoms with Gasteiger partial charge in [-0.2, -0.15) is 0 Å². The van der Waals surface area contributed by atoms with Crippen molar-refractivity contribution in [3.63, 3.8) is 0 Å². The number of hydrogen-bond donors (Lipinski definition) is 0. The van der Waals surface area contributed by atoms with Crippen molar-refractivity contribution in [1.82, 2.24) is 9.55 Å². The molecule has 5 rings (SSSR count). The standard InChI is InChI=1S/C23H24N4O/c28-23(18-9-13-25(14-10-18)20-6-3-11-24-15-20)27-17-21-7-4-12-26(21)16-19-5-1-2-8-22(19)27/h1-8,11-12,15,18H,9-10,13-14,16-17H2. The molecule has 0 unspecified atom stereocenters. The van der Waals surface area contributed by atoms with Gasteiger partial charge in [0.15, 0.2) is 0 Å². The van der Waals surface area contributed by atoms with Gasteiger partial charge in [-0.15, -0.1) is 0 Å². The van der Waals surface area contributed by atoms with Crippen molar-refractivity contribution >= 4 is 17.3 Å². The molecule has 2 aliphatic heterocycles. The molecular weight excluding hydrogens is 348 g/mol. The quantitative estimate of drug-likeness (QED) is 0.689. The van der Waals surface area contributed by atoms with Crippen molar-refractivity contribution in [3.05, 3.63) is 78.4 Å². The first-order valence-electron chi connectivity index (χ1n) is 9.98. The number of carbonyl (C=O) groups is 1. The van der Waals surface area contributed by atoms with Crippen LogP contribution >= 0.6 is 0 Å². The van der Waals surface area contributed by atoms with Gasteiger partial charge in [0.1, 0.15) is 0 Å². The van der Waals surface area contributed by atoms with Gasteiger partial charge in [-0.3, -0.25) is 9.78 Å². The van der Waals surface area contributed by atoms with Crippen LogP contribution in [0.2, 0.25) is 0 Å². The smallest absolute Gasteiger partial charge is 0.230 e. The molecule has 0 saturated carbocycles. The highest BCUT2D eigenvalue weighted by atomic mass is 16.2. The van der Waals surface area contributed by atoms with Crippen LogP contribution in [0.1, 0.15) is 24.1 Å². The first-order chi connectivity index (χ1) is 13.8. The van der Waals surface area contributed by atoms with Crippen LogP contribution in [0.5, 0.6) is 0 Å². The Kier molecular flexibility index (Phi) is 4.35. The van der Waals surface area contributed by atoms with E-state index in [1.807, 2.05) is 23.2 Å². The average molecular weight is 372 g/mol. The summed E-state index contributed by atoms with van der Waals surface area (Å²) in [6.45, 7) is 3.26. The summed E-state index contributed by atoms with van der Waals surface area (Å²) < 4.78 is 2.25. The molecule has 2 aliphatic rings. The van der Waals surface area contributed by atoms with Crippen LogP contribution in [0.25, 0.3) is 0 Å². The maximum Gasteiger partial charge on any atom is 0.230 e. The van der Waals surface area contributed by atoms with Gasteiger partial charge < -0.3 is 14.4 Å². The summed E-state index contributed by atoms with van der Waals surface area (Å²) in [6, 6.07) is 16.6. The number of rotatable bonds is 2. The predicted octanol–water partition coefficient (Wildman–Crippen LogP) is 3.69. The lowest BCUT2D eigenvalue weighted by Crippen LogP contribution is -2.42. The molecule has 5 heteroatoms. The molecule has 0 bridgehead atoms. The van der Waals surface area contributed by atoms with E-state index in [1.165, 1.54) is 11.3 Å². The van der Waals surface area contributed by atoms with E-state index < -0.39 is 0 Å². The third kappa shape index (κ3) is 3.07. The van der Waals surface area contributed by atoms with Gasteiger partial charge in [-0.1, -0.05) is 18.2 Å². The van der Waals surface area contributed by atoms with Crippen molar-refractivity contribution in [3.8, 4) is 0 Å². The third-order valence-corrected chi connectivity index (χ3v) is 5.99. The number of pyridine rings is 1. The average Bonchev–Trinajstić information content (AvgIpc) is 3.13. The zero-order valence-corrected chi connectivity index (χ0v) is 15.9. The minimum atomic E-state index is 0.0717. The first-order valence-corrected chi connectivity index (χ1v) is 9.98. The summed E-state index contributed by atoms with van der Waals surface area (Å²) >= 11 is 0. The maximum absolute atomic E-state index is 13.5. The van der Waals surface area contributed by atoms with Gasteiger partial charge >= 0.3 is 0 Å². The van der Waals surface area contributed by atoms with Crippen LogP contribution in [0.4, 0.5) is 11.4 Å². The summed E-state index contributed by atoms with van der Waals surface area (Å²) in [7, 11) is 0. The number of carbonyl (C=O) groups excluding carboxylic acids is 1. The fourth-order valence-electron chi connectivity index (χ4n) is 4.43. The van der Waals surface area contributed by atoms with Crippen molar-refractivity contribution in [2.75, 3.05) is 22.9 Å². The SMILES string of the molecule is O=C(C1CCN(c2cccnc2)CC1)N1Cc2cccn2Cc2ccccc21. The number of piperidine rings is 1. The molecule has 3 aromatic rings. The van der Waals surface area contributed by atoms with Crippen molar-refractivity contribution in [2.24, 2.45) is 5.92 Å². The Labute approximate surface area is 165 Å². The Bertz CT molecular complexity index is 973. The first kappa shape index (κ1) is 17.0. The lowest BCUT2D eigenvalue weighted by molar-refractivity contribution is -0.123. The Morgan fingerprint density at radius 3 is 2.64 bits per heavy atom. The van der Waals surface area contributed by atoms with Gasteiger partial charge in [-0.25, -0.2) is 0 Å². The van der Waals surface area contributed by atoms with Gasteiger partial charge in [0, 0.05) is 49.3 Å². The number of fused-ring (bicyclic) bond motifs is 2. The van der Waals surface area contributed by atoms with E-state index in [9.17, 15) is 4.79 Å². The van der Waals surface area contributed by atoms with Crippen LogP contribution in [0.3, 0.4) is 0 Å². The number of anilines is 2. The predicted molar refractivity (Wildman–Crippen MR) is 110 cm³/mol. The molecule has 1 aromatic carbocycles. The summed E-state index contributed by atoms with van der Waals surface area (Å²) in [5.41, 5.74) is 4.60. The number of para-hydroxylation sites is 1. The lowest BCUT2D eigenvalue weighted by atomic mass is 9.94. The largest absolute Gasteiger partial charge is 0.370 e. The van der Waals surface area contributed by atoms with Crippen LogP contribution in [0.15, 0.2) is 67.1 Å². The molecule has 0 atom stereocenters. The summed E-state index contributed by atoms with van der Waals surface area (Å²) in [6.07, 6.45) is 7.57. The molecule has 0 aliphatic carbocycles. The minimum Gasteiger partial charge on any atom is -0.370 e. The van der Waals surface area contributed by atoms with Crippen LogP contribution in [0, 0.1) is 5.92 Å². The Balaban J connectivity index is 1.37. The van der Waals surface area contributed by atoms with Gasteiger partial charge in [-0.05, 0) is 48.7 Å². The molecule has 142 valence electrons. The summed E-state index contributed by atoms with van der Waals surface area (Å²) in [4.78, 5) is 22.1. The van der Waals surface area contributed by atoms with E-state index >= 15 is 0 Å². The van der Waals surface area contributed by atoms with Gasteiger partial charge in [0.2, 0.25) is 5.91 Å². The van der Waals surface area contributed by atoms with E-state index in [0.717, 1.165) is 43.9 Å². The van der Waals surface area contributed by atoms with Crippen LogP contribution in [-0.2, 0) is 17.9 Å². The molecule has 0 radical (unpaired) electrons. The van der Waals surface area contributed by atoms with E-state index in [-0.39, 0.29) is 11.8 Å². The second kappa shape index (κ2) is 7.15. The van der Waals surface area contributed by atoms with E-state index in [1.54, 1.807) is 6.20 Å². The summed E-state index contributed by atoms with van der Waals surface area (Å²) in [5.74, 6) is 0.329. The summed E-state index contributed by atoms with van der Waals surface area (Å²) in [5, 5.41) is 0. The highest BCUT2D eigenvalue weighted by molar-refractivity contribution is 5.96. The lowest BCUT2D eigenvalue weighted by Gasteiger charge is -2.35.